The second-order valence-electron chi connectivity index (χ2n) is 17.8. The van der Waals surface area contributed by atoms with E-state index in [1.54, 1.807) is 50.2 Å². The summed E-state index contributed by atoms with van der Waals surface area (Å²) in [4.78, 5) is 39.2. The Balaban J connectivity index is 0.954. The van der Waals surface area contributed by atoms with Gasteiger partial charge >= 0.3 is 0 Å². The van der Waals surface area contributed by atoms with E-state index in [0.717, 1.165) is 102 Å². The normalized spacial score (nSPS) is 18.5. The Morgan fingerprint density at radius 2 is 1.31 bits per heavy atom. The molecule has 65 heavy (non-hydrogen) atoms. The van der Waals surface area contributed by atoms with Gasteiger partial charge in [0.15, 0.2) is 23.3 Å². The highest BCUT2D eigenvalue weighted by Gasteiger charge is 2.36. The van der Waals surface area contributed by atoms with E-state index in [9.17, 15) is 0 Å². The van der Waals surface area contributed by atoms with Gasteiger partial charge in [0.2, 0.25) is 0 Å². The standard InChI is InChI=1S/C46H56N14O3S2/c1-25(2)59-16-12-31(53-59)37-28(5)36-42(58-22-33(62-9)34(23-58)63-10)50-40(52-46(36)64-37)44-48-30(21-56(44)7)19-26(3)60-17-13-32(54-60)38-27(4)35-41(57-15-11-29(20-57)24-61-8)49-39(51-45(35)65-38)43-47-14-18-55(43)6/h12-14,16-18,21,25-26,29,33-34H,11,15,19-20,22-24H2,1-10H3/t26?,29?,33-,34+. The third kappa shape index (κ3) is 7.79. The summed E-state index contributed by atoms with van der Waals surface area (Å²) < 4.78 is 25.3. The minimum absolute atomic E-state index is 0.0162. The average Bonchev–Trinajstić information content (AvgIpc) is 4.15. The lowest BCUT2D eigenvalue weighted by Gasteiger charge is -2.19. The molecular formula is C46H56N14O3S2. The second kappa shape index (κ2) is 17.3. The topological polar surface area (TPSA) is 157 Å². The van der Waals surface area contributed by atoms with Gasteiger partial charge in [-0.2, -0.15) is 10.2 Å². The zero-order valence-corrected chi connectivity index (χ0v) is 40.3. The van der Waals surface area contributed by atoms with Crippen molar-refractivity contribution in [1.82, 2.24) is 58.6 Å². The number of thiophene rings is 2. The van der Waals surface area contributed by atoms with Crippen LogP contribution in [0.4, 0.5) is 11.6 Å². The molecule has 4 atom stereocenters. The smallest absolute Gasteiger partial charge is 0.199 e. The van der Waals surface area contributed by atoms with Crippen molar-refractivity contribution in [3.8, 4) is 44.4 Å². The summed E-state index contributed by atoms with van der Waals surface area (Å²) in [5.74, 6) is 4.90. The van der Waals surface area contributed by atoms with Crippen molar-refractivity contribution in [3.63, 3.8) is 0 Å². The van der Waals surface area contributed by atoms with Gasteiger partial charge in [0.1, 0.15) is 44.9 Å². The van der Waals surface area contributed by atoms with Crippen molar-refractivity contribution >= 4 is 54.7 Å². The molecule has 0 bridgehead atoms. The van der Waals surface area contributed by atoms with E-state index in [-0.39, 0.29) is 24.3 Å². The number of methoxy groups -OCH3 is 3. The highest BCUT2D eigenvalue weighted by molar-refractivity contribution is 7.22. The van der Waals surface area contributed by atoms with Crippen LogP contribution in [0.1, 0.15) is 56.1 Å². The van der Waals surface area contributed by atoms with Crippen molar-refractivity contribution in [2.75, 3.05) is 63.9 Å². The first-order valence-corrected chi connectivity index (χ1v) is 23.8. The van der Waals surface area contributed by atoms with E-state index in [0.29, 0.717) is 42.9 Å². The van der Waals surface area contributed by atoms with Crippen molar-refractivity contribution < 1.29 is 14.2 Å². The fourth-order valence-corrected chi connectivity index (χ4v) is 11.7. The monoisotopic (exact) mass is 916 g/mol. The summed E-state index contributed by atoms with van der Waals surface area (Å²) in [5.41, 5.74) is 5.01. The van der Waals surface area contributed by atoms with Crippen LogP contribution < -0.4 is 9.80 Å². The number of aromatic nitrogens is 12. The summed E-state index contributed by atoms with van der Waals surface area (Å²) in [6.07, 6.45) is 11.5. The number of imidazole rings is 2. The molecule has 0 radical (unpaired) electrons. The summed E-state index contributed by atoms with van der Waals surface area (Å²) in [6.45, 7) is 14.6. The number of anilines is 2. The van der Waals surface area contributed by atoms with Gasteiger partial charge in [-0.3, -0.25) is 9.36 Å². The van der Waals surface area contributed by atoms with Crippen molar-refractivity contribution in [1.29, 1.82) is 0 Å². The van der Waals surface area contributed by atoms with Crippen LogP contribution in [0.15, 0.2) is 43.1 Å². The Morgan fingerprint density at radius 3 is 1.88 bits per heavy atom. The molecule has 19 heteroatoms. The van der Waals surface area contributed by atoms with Gasteiger partial charge in [-0.25, -0.2) is 29.9 Å². The lowest BCUT2D eigenvalue weighted by atomic mass is 10.1. The predicted molar refractivity (Wildman–Crippen MR) is 256 cm³/mol. The molecule has 2 fully saturated rings. The van der Waals surface area contributed by atoms with Crippen molar-refractivity contribution in [3.05, 3.63) is 59.9 Å². The number of fused-ring (bicyclic) bond motifs is 2. The molecule has 0 spiro atoms. The predicted octanol–water partition coefficient (Wildman–Crippen LogP) is 7.55. The van der Waals surface area contributed by atoms with Crippen LogP contribution in [-0.2, 0) is 34.7 Å². The van der Waals surface area contributed by atoms with E-state index in [1.165, 1.54) is 0 Å². The zero-order chi connectivity index (χ0) is 45.3. The Labute approximate surface area is 386 Å². The molecule has 0 N–H and O–H groups in total. The van der Waals surface area contributed by atoms with Crippen LogP contribution in [0.5, 0.6) is 0 Å². The van der Waals surface area contributed by atoms with Gasteiger partial charge in [-0.05, 0) is 64.3 Å². The Morgan fingerprint density at radius 1 is 0.708 bits per heavy atom. The van der Waals surface area contributed by atoms with E-state index >= 15 is 0 Å². The molecule has 2 aliphatic heterocycles. The molecule has 10 rings (SSSR count). The van der Waals surface area contributed by atoms with E-state index in [4.69, 9.17) is 49.3 Å². The Hall–Kier alpha value is -5.60. The number of hydrogen-bond acceptors (Lipinski definition) is 15. The van der Waals surface area contributed by atoms with E-state index < -0.39 is 0 Å². The maximum absolute atomic E-state index is 5.86. The lowest BCUT2D eigenvalue weighted by Crippen LogP contribution is -2.27. The minimum atomic E-state index is -0.0826. The Kier molecular flexibility index (Phi) is 11.5. The molecule has 0 aliphatic carbocycles. The number of nitrogens with zero attached hydrogens (tertiary/aromatic N) is 14. The Bertz CT molecular complexity index is 3000. The first-order valence-electron chi connectivity index (χ1n) is 22.2. The number of hydrogen-bond donors (Lipinski definition) is 0. The minimum Gasteiger partial charge on any atom is -0.384 e. The van der Waals surface area contributed by atoms with Gasteiger partial charge < -0.3 is 33.1 Å². The highest BCUT2D eigenvalue weighted by atomic mass is 32.1. The molecule has 8 aromatic rings. The van der Waals surface area contributed by atoms with Crippen molar-refractivity contribution in [2.24, 2.45) is 20.0 Å². The number of aryl methyl sites for hydroxylation is 4. The molecule has 340 valence electrons. The number of ether oxygens (including phenoxy) is 3. The van der Waals surface area contributed by atoms with Crippen LogP contribution in [-0.4, -0.2) is 125 Å². The number of rotatable bonds is 14. The van der Waals surface area contributed by atoms with Gasteiger partial charge in [0, 0.05) is 111 Å². The quantitative estimate of drug-likeness (QED) is 0.106. The third-order valence-corrected chi connectivity index (χ3v) is 15.4. The first-order chi connectivity index (χ1) is 31.4. The maximum atomic E-state index is 5.86. The van der Waals surface area contributed by atoms with Gasteiger partial charge in [0.05, 0.1) is 38.9 Å². The molecule has 10 heterocycles. The highest BCUT2D eigenvalue weighted by Crippen LogP contribution is 2.44. The van der Waals surface area contributed by atoms with Gasteiger partial charge in [0.25, 0.3) is 0 Å². The first kappa shape index (κ1) is 43.3. The third-order valence-electron chi connectivity index (χ3n) is 13.0. The molecule has 2 aliphatic rings. The van der Waals surface area contributed by atoms with Crippen LogP contribution in [0, 0.1) is 19.8 Å². The van der Waals surface area contributed by atoms with Crippen LogP contribution in [0.3, 0.4) is 0 Å². The summed E-state index contributed by atoms with van der Waals surface area (Å²) in [7, 11) is 9.24. The molecule has 0 saturated carbocycles. The maximum Gasteiger partial charge on any atom is 0.199 e. The second-order valence-corrected chi connectivity index (χ2v) is 19.8. The molecular weight excluding hydrogens is 861 g/mol. The summed E-state index contributed by atoms with van der Waals surface area (Å²) in [6, 6.07) is 4.46. The van der Waals surface area contributed by atoms with E-state index in [1.807, 2.05) is 45.0 Å². The van der Waals surface area contributed by atoms with Crippen LogP contribution >= 0.6 is 22.7 Å². The molecule has 0 amide bonds. The van der Waals surface area contributed by atoms with E-state index in [2.05, 4.69) is 73.9 Å². The largest absolute Gasteiger partial charge is 0.384 e. The summed E-state index contributed by atoms with van der Waals surface area (Å²) in [5, 5.41) is 12.2. The fraction of sp³-hybridized carbons (Fsp3) is 0.478. The molecule has 2 unspecified atom stereocenters. The van der Waals surface area contributed by atoms with Gasteiger partial charge in [-0.15, -0.1) is 22.7 Å². The summed E-state index contributed by atoms with van der Waals surface area (Å²) >= 11 is 3.31. The SMILES string of the molecule is COCC1CCN(c2nc(-c3nccn3C)nc3sc(-c4ccn(C(C)Cc5cn(C)c(-c6nc(N7C[C@H](OC)[C@H](OC)C7)c7c(C)c(-c8ccn(C(C)C)n8)sc7n6)n5)n4)c(C)c23)C1. The van der Waals surface area contributed by atoms with Crippen LogP contribution in [0.2, 0.25) is 0 Å². The average molecular weight is 917 g/mol. The van der Waals surface area contributed by atoms with Crippen molar-refractivity contribution in [2.45, 2.75) is 71.8 Å². The van der Waals surface area contributed by atoms with Gasteiger partial charge in [-0.1, -0.05) is 0 Å². The molecule has 8 aromatic heterocycles. The lowest BCUT2D eigenvalue weighted by molar-refractivity contribution is -0.00461. The van der Waals surface area contributed by atoms with Crippen LogP contribution in [0.25, 0.3) is 64.9 Å². The zero-order valence-electron chi connectivity index (χ0n) is 38.7. The molecule has 0 aromatic carbocycles. The molecule has 2 saturated heterocycles. The fourth-order valence-electron chi connectivity index (χ4n) is 9.41. The molecule has 17 nitrogen and oxygen atoms in total.